The van der Waals surface area contributed by atoms with Crippen LogP contribution in [0, 0.1) is 6.92 Å². The Labute approximate surface area is 123 Å². The Morgan fingerprint density at radius 2 is 2.05 bits per heavy atom. The fraction of sp³-hybridized carbons (Fsp3) is 0.667. The number of anilines is 1. The van der Waals surface area contributed by atoms with E-state index in [-0.39, 0.29) is 6.04 Å². The van der Waals surface area contributed by atoms with Crippen molar-refractivity contribution in [3.05, 3.63) is 23.4 Å². The highest BCUT2D eigenvalue weighted by molar-refractivity contribution is 5.49. The van der Waals surface area contributed by atoms with Crippen molar-refractivity contribution in [1.29, 1.82) is 0 Å². The number of nitrogens with zero attached hydrogens (tertiary/aromatic N) is 2. The minimum Gasteiger partial charge on any atom is -0.344 e. The summed E-state index contributed by atoms with van der Waals surface area (Å²) in [4.78, 5) is 5.69. The van der Waals surface area contributed by atoms with E-state index in [1.807, 2.05) is 26.8 Å². The number of hydrogen-bond acceptors (Lipinski definition) is 3. The van der Waals surface area contributed by atoms with E-state index in [0.29, 0.717) is 18.4 Å². The standard InChI is InChI=1S/C15H22F3N3/c1-10(2)19-7-12-6-11(3)14(20-8-12)21(13-4-5-13)9-15(16,17)18/h6,8,10,13,19H,4-5,7,9H2,1-3H3. The van der Waals surface area contributed by atoms with Gasteiger partial charge in [-0.3, -0.25) is 0 Å². The van der Waals surface area contributed by atoms with Gasteiger partial charge in [-0.05, 0) is 37.0 Å². The fourth-order valence-electron chi connectivity index (χ4n) is 2.30. The SMILES string of the molecule is Cc1cc(CNC(C)C)cnc1N(CC(F)(F)F)C1CC1. The maximum Gasteiger partial charge on any atom is 0.405 e. The molecule has 1 aliphatic rings. The molecule has 0 amide bonds. The lowest BCUT2D eigenvalue weighted by Crippen LogP contribution is -2.37. The first-order chi connectivity index (χ1) is 9.76. The number of halogens is 3. The van der Waals surface area contributed by atoms with Gasteiger partial charge in [0.25, 0.3) is 0 Å². The van der Waals surface area contributed by atoms with Crippen LogP contribution >= 0.6 is 0 Å². The van der Waals surface area contributed by atoms with Gasteiger partial charge in [-0.25, -0.2) is 4.98 Å². The highest BCUT2D eigenvalue weighted by atomic mass is 19.4. The molecule has 1 heterocycles. The summed E-state index contributed by atoms with van der Waals surface area (Å²) in [6.07, 6.45) is -0.903. The van der Waals surface area contributed by atoms with Crippen LogP contribution in [0.1, 0.15) is 37.8 Å². The van der Waals surface area contributed by atoms with Crippen LogP contribution in [-0.2, 0) is 6.54 Å². The van der Waals surface area contributed by atoms with Crippen LogP contribution in [0.3, 0.4) is 0 Å². The zero-order chi connectivity index (χ0) is 15.6. The average molecular weight is 301 g/mol. The van der Waals surface area contributed by atoms with Crippen molar-refractivity contribution in [1.82, 2.24) is 10.3 Å². The van der Waals surface area contributed by atoms with E-state index in [4.69, 9.17) is 0 Å². The van der Waals surface area contributed by atoms with Gasteiger partial charge in [0, 0.05) is 24.8 Å². The van der Waals surface area contributed by atoms with Gasteiger partial charge in [-0.2, -0.15) is 13.2 Å². The second-order valence-electron chi connectivity index (χ2n) is 5.99. The maximum atomic E-state index is 12.7. The first-order valence-electron chi connectivity index (χ1n) is 7.28. The quantitative estimate of drug-likeness (QED) is 0.872. The molecular formula is C15H22F3N3. The predicted molar refractivity (Wildman–Crippen MR) is 77.4 cm³/mol. The topological polar surface area (TPSA) is 28.2 Å². The van der Waals surface area contributed by atoms with E-state index in [1.54, 1.807) is 6.20 Å². The highest BCUT2D eigenvalue weighted by Crippen LogP contribution is 2.34. The molecule has 1 aliphatic carbocycles. The van der Waals surface area contributed by atoms with Crippen LogP contribution < -0.4 is 10.2 Å². The molecule has 0 unspecified atom stereocenters. The number of pyridine rings is 1. The summed E-state index contributed by atoms with van der Waals surface area (Å²) in [5, 5.41) is 3.28. The monoisotopic (exact) mass is 301 g/mol. The number of hydrogen-bond donors (Lipinski definition) is 1. The molecule has 2 rings (SSSR count). The molecule has 1 saturated carbocycles. The van der Waals surface area contributed by atoms with Crippen molar-refractivity contribution >= 4 is 5.82 Å². The third-order valence-corrected chi connectivity index (χ3v) is 3.43. The minimum absolute atomic E-state index is 0.0162. The summed E-state index contributed by atoms with van der Waals surface area (Å²) in [6.45, 7) is 5.68. The molecule has 1 aromatic heterocycles. The molecule has 1 aromatic rings. The third kappa shape index (κ3) is 4.88. The largest absolute Gasteiger partial charge is 0.405 e. The Hall–Kier alpha value is -1.30. The molecule has 0 bridgehead atoms. The summed E-state index contributed by atoms with van der Waals surface area (Å²) >= 11 is 0. The Bertz CT molecular complexity index is 482. The molecule has 0 spiro atoms. The molecule has 21 heavy (non-hydrogen) atoms. The van der Waals surface area contributed by atoms with Crippen molar-refractivity contribution < 1.29 is 13.2 Å². The van der Waals surface area contributed by atoms with Crippen molar-refractivity contribution in [2.75, 3.05) is 11.4 Å². The van der Waals surface area contributed by atoms with Crippen molar-refractivity contribution in [3.8, 4) is 0 Å². The summed E-state index contributed by atoms with van der Waals surface area (Å²) < 4.78 is 38.2. The van der Waals surface area contributed by atoms with Gasteiger partial charge in [-0.1, -0.05) is 13.8 Å². The number of aryl methyl sites for hydroxylation is 1. The Balaban J connectivity index is 2.14. The molecule has 0 saturated heterocycles. The van der Waals surface area contributed by atoms with Crippen molar-refractivity contribution in [3.63, 3.8) is 0 Å². The van der Waals surface area contributed by atoms with E-state index >= 15 is 0 Å². The molecule has 0 atom stereocenters. The van der Waals surface area contributed by atoms with E-state index in [0.717, 1.165) is 24.0 Å². The van der Waals surface area contributed by atoms with Crippen molar-refractivity contribution in [2.24, 2.45) is 0 Å². The molecule has 1 N–H and O–H groups in total. The van der Waals surface area contributed by atoms with E-state index in [1.165, 1.54) is 4.90 Å². The lowest BCUT2D eigenvalue weighted by molar-refractivity contribution is -0.120. The van der Waals surface area contributed by atoms with Crippen LogP contribution in [0.4, 0.5) is 19.0 Å². The first-order valence-corrected chi connectivity index (χ1v) is 7.28. The van der Waals surface area contributed by atoms with Crippen molar-refractivity contribution in [2.45, 2.75) is 58.4 Å². The van der Waals surface area contributed by atoms with Crippen LogP contribution in [0.15, 0.2) is 12.3 Å². The predicted octanol–water partition coefficient (Wildman–Crippen LogP) is 3.42. The van der Waals surface area contributed by atoms with Crippen LogP contribution in [0.2, 0.25) is 0 Å². The van der Waals surface area contributed by atoms with E-state index in [2.05, 4.69) is 10.3 Å². The zero-order valence-electron chi connectivity index (χ0n) is 12.7. The zero-order valence-corrected chi connectivity index (χ0v) is 12.7. The van der Waals surface area contributed by atoms with E-state index in [9.17, 15) is 13.2 Å². The molecule has 0 aliphatic heterocycles. The first kappa shape index (κ1) is 16.1. The average Bonchev–Trinajstić information content (AvgIpc) is 3.17. The minimum atomic E-state index is -4.20. The van der Waals surface area contributed by atoms with Gasteiger partial charge in [0.05, 0.1) is 0 Å². The van der Waals surface area contributed by atoms with Crippen LogP contribution in [-0.4, -0.2) is 29.8 Å². The van der Waals surface area contributed by atoms with Crippen LogP contribution in [0.5, 0.6) is 0 Å². The van der Waals surface area contributed by atoms with Gasteiger partial charge < -0.3 is 10.2 Å². The van der Waals surface area contributed by atoms with Gasteiger partial charge in [0.1, 0.15) is 12.4 Å². The second kappa shape index (κ2) is 6.22. The molecule has 1 fully saturated rings. The highest BCUT2D eigenvalue weighted by Gasteiger charge is 2.39. The van der Waals surface area contributed by atoms with Gasteiger partial charge in [-0.15, -0.1) is 0 Å². The number of aromatic nitrogens is 1. The van der Waals surface area contributed by atoms with Gasteiger partial charge >= 0.3 is 6.18 Å². The number of rotatable bonds is 6. The summed E-state index contributed by atoms with van der Waals surface area (Å²) in [7, 11) is 0. The summed E-state index contributed by atoms with van der Waals surface area (Å²) in [6, 6.07) is 2.26. The number of alkyl halides is 3. The third-order valence-electron chi connectivity index (χ3n) is 3.43. The molecule has 3 nitrogen and oxygen atoms in total. The molecule has 118 valence electrons. The Morgan fingerprint density at radius 3 is 2.52 bits per heavy atom. The summed E-state index contributed by atoms with van der Waals surface area (Å²) in [5.41, 5.74) is 1.79. The second-order valence-corrected chi connectivity index (χ2v) is 5.99. The fourth-order valence-corrected chi connectivity index (χ4v) is 2.30. The smallest absolute Gasteiger partial charge is 0.344 e. The Kier molecular flexibility index (Phi) is 4.76. The van der Waals surface area contributed by atoms with Gasteiger partial charge in [0.2, 0.25) is 0 Å². The lowest BCUT2D eigenvalue weighted by Gasteiger charge is -2.26. The molecule has 0 aromatic carbocycles. The molecule has 0 radical (unpaired) electrons. The van der Waals surface area contributed by atoms with Gasteiger partial charge in [0.15, 0.2) is 0 Å². The summed E-state index contributed by atoms with van der Waals surface area (Å²) in [5.74, 6) is 0.461. The molecule has 6 heteroatoms. The lowest BCUT2D eigenvalue weighted by atomic mass is 10.2. The Morgan fingerprint density at radius 1 is 1.38 bits per heavy atom. The maximum absolute atomic E-state index is 12.7. The van der Waals surface area contributed by atoms with E-state index < -0.39 is 12.7 Å². The normalized spacial score (nSPS) is 15.6. The molecular weight excluding hydrogens is 279 g/mol. The number of nitrogens with one attached hydrogen (secondary N) is 1. The van der Waals surface area contributed by atoms with Crippen LogP contribution in [0.25, 0.3) is 0 Å².